The van der Waals surface area contributed by atoms with Gasteiger partial charge in [0.1, 0.15) is 0 Å². The summed E-state index contributed by atoms with van der Waals surface area (Å²) in [5.74, 6) is 0.808. The molecule has 2 N–H and O–H groups in total. The predicted molar refractivity (Wildman–Crippen MR) is 107 cm³/mol. The van der Waals surface area contributed by atoms with E-state index in [9.17, 15) is 14.7 Å². The molecule has 9 heteroatoms. The number of unbranched alkanes of at least 4 members (excludes halogenated alkanes) is 2. The molecular formula is C19H30N2O6Sn. The van der Waals surface area contributed by atoms with Crippen molar-refractivity contribution in [1.29, 1.82) is 0 Å². The summed E-state index contributed by atoms with van der Waals surface area (Å²) in [5.41, 5.74) is -1.42. The predicted octanol–water partition coefficient (Wildman–Crippen LogP) is 2.21. The molecule has 0 spiro atoms. The van der Waals surface area contributed by atoms with Gasteiger partial charge in [0.2, 0.25) is 0 Å². The first-order valence-electron chi connectivity index (χ1n) is 10.1. The molecule has 1 aromatic heterocycles. The Labute approximate surface area is 169 Å². The Kier molecular flexibility index (Phi) is 6.61. The van der Waals surface area contributed by atoms with Crippen LogP contribution in [-0.2, 0) is 10.9 Å². The quantitative estimate of drug-likeness (QED) is 0.504. The molecule has 0 bridgehead atoms. The summed E-state index contributed by atoms with van der Waals surface area (Å²) in [5, 5.41) is 9.68. The summed E-state index contributed by atoms with van der Waals surface area (Å²) < 4.78 is 22.3. The topological polar surface area (TPSA) is 103 Å². The van der Waals surface area contributed by atoms with Crippen LogP contribution >= 0.6 is 0 Å². The molecule has 1 atom stereocenters. The minimum atomic E-state index is -3.43. The van der Waals surface area contributed by atoms with Gasteiger partial charge in [0.25, 0.3) is 0 Å². The molecule has 3 heterocycles. The van der Waals surface area contributed by atoms with E-state index in [-0.39, 0.29) is 19.1 Å². The number of fused-ring (bicyclic) bond motifs is 1. The van der Waals surface area contributed by atoms with Crippen LogP contribution < -0.4 is 11.2 Å². The number of hydrogen-bond acceptors (Lipinski definition) is 6. The van der Waals surface area contributed by atoms with Gasteiger partial charge in [-0.3, -0.25) is 0 Å². The van der Waals surface area contributed by atoms with Crippen molar-refractivity contribution in [3.63, 3.8) is 0 Å². The summed E-state index contributed by atoms with van der Waals surface area (Å²) in [7, 11) is 0. The van der Waals surface area contributed by atoms with Crippen LogP contribution in [0.4, 0.5) is 0 Å². The number of hydrogen-bond donors (Lipinski definition) is 2. The molecule has 0 radical (unpaired) electrons. The van der Waals surface area contributed by atoms with E-state index in [1.807, 2.05) is 0 Å². The number of nitrogens with zero attached hydrogens (tertiary/aromatic N) is 1. The van der Waals surface area contributed by atoms with Gasteiger partial charge in [-0.1, -0.05) is 0 Å². The van der Waals surface area contributed by atoms with Crippen LogP contribution in [0, 0.1) is 6.92 Å². The van der Waals surface area contributed by atoms with Gasteiger partial charge in [0.15, 0.2) is 0 Å². The van der Waals surface area contributed by atoms with Gasteiger partial charge in [0, 0.05) is 0 Å². The van der Waals surface area contributed by atoms with Crippen LogP contribution in [-0.4, -0.2) is 52.7 Å². The number of aliphatic hydroxyl groups is 1. The number of aliphatic hydroxyl groups excluding tert-OH is 1. The average molecular weight is 501 g/mol. The van der Waals surface area contributed by atoms with Gasteiger partial charge >= 0.3 is 170 Å². The third-order valence-electron chi connectivity index (χ3n) is 5.40. The van der Waals surface area contributed by atoms with Crippen LogP contribution in [0.2, 0.25) is 8.87 Å². The molecule has 2 aliphatic heterocycles. The number of aryl methyl sites for hydroxylation is 1. The van der Waals surface area contributed by atoms with Crippen LogP contribution in [0.3, 0.4) is 0 Å². The molecule has 0 aliphatic carbocycles. The van der Waals surface area contributed by atoms with Gasteiger partial charge in [-0.25, -0.2) is 0 Å². The van der Waals surface area contributed by atoms with Crippen molar-refractivity contribution in [2.45, 2.75) is 67.3 Å². The van der Waals surface area contributed by atoms with Crippen molar-refractivity contribution in [2.24, 2.45) is 0 Å². The number of H-pyrrole nitrogens is 1. The van der Waals surface area contributed by atoms with E-state index in [0.29, 0.717) is 17.7 Å². The number of rotatable bonds is 9. The number of aromatic nitrogens is 2. The fraction of sp³-hybridized carbons (Fsp3) is 0.684. The second kappa shape index (κ2) is 8.62. The average Bonchev–Trinajstić information content (AvgIpc) is 3.14. The Hall–Kier alpha value is -1.26. The number of nitrogens with one attached hydrogen (secondary N) is 1. The molecule has 1 fully saturated rings. The maximum absolute atomic E-state index is 12.4. The van der Waals surface area contributed by atoms with Gasteiger partial charge in [-0.2, -0.15) is 0 Å². The molecule has 2 aliphatic rings. The van der Waals surface area contributed by atoms with Gasteiger partial charge in [-0.05, 0) is 0 Å². The first-order valence-corrected chi connectivity index (χ1v) is 16.5. The summed E-state index contributed by atoms with van der Waals surface area (Å²) in [4.78, 5) is 26.4. The number of ether oxygens (including phenoxy) is 1. The first kappa shape index (κ1) is 21.4. The zero-order chi connectivity index (χ0) is 20.4. The Morgan fingerprint density at radius 2 is 1.93 bits per heavy atom. The third-order valence-corrected chi connectivity index (χ3v) is 15.6. The Morgan fingerprint density at radius 3 is 2.54 bits per heavy atom. The van der Waals surface area contributed by atoms with Crippen LogP contribution in [0.25, 0.3) is 5.88 Å². The molecule has 1 unspecified atom stereocenters. The van der Waals surface area contributed by atoms with E-state index in [1.165, 1.54) is 10.8 Å². The summed E-state index contributed by atoms with van der Waals surface area (Å²) in [6.45, 7) is 6.07. The van der Waals surface area contributed by atoms with Crippen molar-refractivity contribution in [2.75, 3.05) is 13.2 Å². The molecule has 1 aromatic rings. The van der Waals surface area contributed by atoms with Crippen LogP contribution in [0.1, 0.15) is 51.5 Å². The molecule has 3 rings (SSSR count). The fourth-order valence-electron chi connectivity index (χ4n) is 3.82. The zero-order valence-electron chi connectivity index (χ0n) is 16.9. The van der Waals surface area contributed by atoms with Crippen molar-refractivity contribution in [3.8, 4) is 0 Å². The molecule has 0 aromatic carbocycles. The van der Waals surface area contributed by atoms with E-state index in [1.54, 1.807) is 6.92 Å². The van der Waals surface area contributed by atoms with Crippen LogP contribution in [0.15, 0.2) is 21.5 Å². The molecule has 8 nitrogen and oxygen atoms in total. The summed E-state index contributed by atoms with van der Waals surface area (Å²) in [6.07, 6.45) is 6.03. The second-order valence-electron chi connectivity index (χ2n) is 7.65. The van der Waals surface area contributed by atoms with Crippen molar-refractivity contribution in [3.05, 3.63) is 38.4 Å². The van der Waals surface area contributed by atoms with Crippen molar-refractivity contribution >= 4 is 25.1 Å². The Bertz CT molecular complexity index is 853. The SMILES string of the molecule is CCC[CH2][Sn]1([CH2]CCC)[O]C2=C(n3cc(C)c(=O)[nH]c3=O)OCC2(CCO)[O]1. The van der Waals surface area contributed by atoms with Crippen LogP contribution in [0.5, 0.6) is 0 Å². The minimum absolute atomic E-state index is 0.0629. The molecule has 0 amide bonds. The Balaban J connectivity index is 2.08. The first-order chi connectivity index (χ1) is 13.4. The summed E-state index contributed by atoms with van der Waals surface area (Å²) >= 11 is -3.43. The molecule has 0 saturated carbocycles. The zero-order valence-corrected chi connectivity index (χ0v) is 19.7. The van der Waals surface area contributed by atoms with Gasteiger partial charge < -0.3 is 0 Å². The maximum atomic E-state index is 12.4. The monoisotopic (exact) mass is 502 g/mol. The van der Waals surface area contributed by atoms with Crippen molar-refractivity contribution in [1.82, 2.24) is 9.55 Å². The molecule has 28 heavy (non-hydrogen) atoms. The fourth-order valence-corrected chi connectivity index (χ4v) is 15.5. The van der Waals surface area contributed by atoms with E-state index >= 15 is 0 Å². The third kappa shape index (κ3) is 3.91. The number of aromatic amines is 1. The van der Waals surface area contributed by atoms with Gasteiger partial charge in [0.05, 0.1) is 0 Å². The standard InChI is InChI=1S/C11H13N2O6.2C4H9.Sn/c1-6-4-13(10(17)12-8(6)16)9-7(15)11(18,2-3-14)5-19-9;2*1-3-4-2;/h4,14-15H,2-3,5H2,1H3,(H,12,16,17);2*1,3-4H2,2H3;/q-1;;;+2/p-1. The van der Waals surface area contributed by atoms with E-state index < -0.39 is 36.1 Å². The second-order valence-corrected chi connectivity index (χ2v) is 16.9. The molecule has 1 saturated heterocycles. The van der Waals surface area contributed by atoms with Crippen molar-refractivity contribution < 1.29 is 16.0 Å². The van der Waals surface area contributed by atoms with E-state index in [4.69, 9.17) is 10.9 Å². The molecular weight excluding hydrogens is 471 g/mol. The molecule has 156 valence electrons. The van der Waals surface area contributed by atoms with E-state index in [0.717, 1.165) is 34.6 Å². The normalized spacial score (nSPS) is 22.9. The summed E-state index contributed by atoms with van der Waals surface area (Å²) in [6, 6.07) is 0. The Morgan fingerprint density at radius 1 is 1.25 bits per heavy atom. The van der Waals surface area contributed by atoms with Gasteiger partial charge in [-0.15, -0.1) is 0 Å². The van der Waals surface area contributed by atoms with E-state index in [2.05, 4.69) is 18.8 Å².